The van der Waals surface area contributed by atoms with E-state index in [1.165, 1.54) is 11.3 Å². The van der Waals surface area contributed by atoms with Gasteiger partial charge in [0.25, 0.3) is 0 Å². The topological polar surface area (TPSA) is 28.3 Å². The summed E-state index contributed by atoms with van der Waals surface area (Å²) in [5, 5.41) is 1.07. The maximum Gasteiger partial charge on any atom is 0.166 e. The molecule has 0 fully saturated rings. The molecule has 0 spiro atoms. The number of aromatic nitrogens is 1. The van der Waals surface area contributed by atoms with Crippen molar-refractivity contribution in [3.63, 3.8) is 0 Å². The number of likely N-dealkylation sites (N-methyl/N-ethyl adjacent to an activating group) is 1. The van der Waals surface area contributed by atoms with Crippen LogP contribution in [0.1, 0.15) is 23.2 Å². The Morgan fingerprint density at radius 2 is 2.05 bits per heavy atom. The summed E-state index contributed by atoms with van der Waals surface area (Å²) in [7, 11) is 2.14. The lowest BCUT2D eigenvalue weighted by atomic mass is 10.00. The fourth-order valence-corrected chi connectivity index (χ4v) is 3.49. The Bertz CT molecular complexity index is 677. The molecule has 1 aromatic carbocycles. The molecule has 0 radical (unpaired) electrons. The first-order valence-electron chi connectivity index (χ1n) is 7.40. The molecule has 0 saturated carbocycles. The zero-order valence-corrected chi connectivity index (χ0v) is 11.8. The number of ether oxygens (including phenoxy) is 1. The van der Waals surface area contributed by atoms with Crippen molar-refractivity contribution in [3.05, 3.63) is 28.7 Å². The fourth-order valence-electron chi connectivity index (χ4n) is 3.49. The molecule has 0 unspecified atom stereocenters. The highest BCUT2D eigenvalue weighted by Gasteiger charge is 2.24. The number of aryl methyl sites for hydroxylation is 1. The quantitative estimate of drug-likeness (QED) is 0.800. The van der Waals surface area contributed by atoms with Gasteiger partial charge in [-0.05, 0) is 37.9 Å². The van der Waals surface area contributed by atoms with Crippen LogP contribution in [0.5, 0.6) is 5.75 Å². The third kappa shape index (κ3) is 1.74. The second-order valence-corrected chi connectivity index (χ2v) is 5.93. The van der Waals surface area contributed by atoms with Crippen molar-refractivity contribution >= 4 is 10.9 Å². The number of benzene rings is 1. The Morgan fingerprint density at radius 3 is 2.95 bits per heavy atom. The van der Waals surface area contributed by atoms with E-state index in [0.29, 0.717) is 12.4 Å². The van der Waals surface area contributed by atoms with E-state index in [1.807, 2.05) is 0 Å². The van der Waals surface area contributed by atoms with Crippen LogP contribution in [0.15, 0.2) is 6.07 Å². The summed E-state index contributed by atoms with van der Waals surface area (Å²) in [4.78, 5) is 5.89. The number of nitrogens with zero attached hydrogens (tertiary/aromatic N) is 1. The third-order valence-corrected chi connectivity index (χ3v) is 4.60. The van der Waals surface area contributed by atoms with Gasteiger partial charge in [-0.15, -0.1) is 0 Å². The van der Waals surface area contributed by atoms with Crippen LogP contribution in [0, 0.1) is 5.82 Å². The zero-order chi connectivity index (χ0) is 13.7. The van der Waals surface area contributed by atoms with Gasteiger partial charge in [-0.25, -0.2) is 4.39 Å². The fraction of sp³-hybridized carbons (Fsp3) is 0.500. The predicted octanol–water partition coefficient (Wildman–Crippen LogP) is 2.66. The van der Waals surface area contributed by atoms with E-state index < -0.39 is 0 Å². The minimum atomic E-state index is -0.202. The maximum absolute atomic E-state index is 14.3. The lowest BCUT2D eigenvalue weighted by molar-refractivity contribution is 0.274. The molecule has 0 saturated heterocycles. The summed E-state index contributed by atoms with van der Waals surface area (Å²) < 4.78 is 19.8. The average molecular weight is 274 g/mol. The van der Waals surface area contributed by atoms with Gasteiger partial charge in [0.05, 0.1) is 12.1 Å². The van der Waals surface area contributed by atoms with Gasteiger partial charge in [-0.2, -0.15) is 0 Å². The smallest absolute Gasteiger partial charge is 0.166 e. The molecule has 1 N–H and O–H groups in total. The zero-order valence-electron chi connectivity index (χ0n) is 11.8. The molecule has 4 heteroatoms. The van der Waals surface area contributed by atoms with Crippen molar-refractivity contribution in [1.29, 1.82) is 0 Å². The molecule has 0 bridgehead atoms. The molecule has 2 aliphatic heterocycles. The minimum Gasteiger partial charge on any atom is -0.490 e. The van der Waals surface area contributed by atoms with Crippen molar-refractivity contribution in [2.45, 2.75) is 25.7 Å². The normalized spacial score (nSPS) is 19.3. The second kappa shape index (κ2) is 4.48. The molecule has 2 aromatic rings. The van der Waals surface area contributed by atoms with Gasteiger partial charge in [0.1, 0.15) is 0 Å². The highest BCUT2D eigenvalue weighted by molar-refractivity contribution is 5.89. The minimum absolute atomic E-state index is 0.202. The SMILES string of the molecule is CN1CCc2[nH]c3c4c(c(F)cc3c2CC1)OCCC4. The molecule has 0 aliphatic carbocycles. The number of H-pyrrole nitrogens is 1. The second-order valence-electron chi connectivity index (χ2n) is 5.93. The van der Waals surface area contributed by atoms with Gasteiger partial charge in [0.2, 0.25) is 0 Å². The van der Waals surface area contributed by atoms with Crippen molar-refractivity contribution < 1.29 is 9.13 Å². The van der Waals surface area contributed by atoms with Gasteiger partial charge in [-0.3, -0.25) is 0 Å². The highest BCUT2D eigenvalue weighted by atomic mass is 19.1. The van der Waals surface area contributed by atoms with Gasteiger partial charge in [0, 0.05) is 36.2 Å². The van der Waals surface area contributed by atoms with Crippen LogP contribution < -0.4 is 4.74 Å². The van der Waals surface area contributed by atoms with E-state index in [9.17, 15) is 4.39 Å². The summed E-state index contributed by atoms with van der Waals surface area (Å²) >= 11 is 0. The van der Waals surface area contributed by atoms with Gasteiger partial charge in [0.15, 0.2) is 11.6 Å². The van der Waals surface area contributed by atoms with Crippen LogP contribution in [0.3, 0.4) is 0 Å². The van der Waals surface area contributed by atoms with Gasteiger partial charge < -0.3 is 14.6 Å². The van der Waals surface area contributed by atoms with Crippen LogP contribution in [0.2, 0.25) is 0 Å². The van der Waals surface area contributed by atoms with Crippen molar-refractivity contribution in [3.8, 4) is 5.75 Å². The molecule has 20 heavy (non-hydrogen) atoms. The number of hydrogen-bond acceptors (Lipinski definition) is 2. The van der Waals surface area contributed by atoms with Crippen LogP contribution in [0.4, 0.5) is 4.39 Å². The molecule has 3 heterocycles. The number of halogens is 1. The van der Waals surface area contributed by atoms with Crippen LogP contribution in [-0.2, 0) is 19.3 Å². The molecular weight excluding hydrogens is 255 g/mol. The number of hydrogen-bond donors (Lipinski definition) is 1. The first-order valence-corrected chi connectivity index (χ1v) is 7.40. The molecule has 1 aromatic heterocycles. The lowest BCUT2D eigenvalue weighted by Crippen LogP contribution is -2.21. The highest BCUT2D eigenvalue weighted by Crippen LogP contribution is 2.37. The number of nitrogens with one attached hydrogen (secondary N) is 1. The van der Waals surface area contributed by atoms with Crippen LogP contribution in [-0.4, -0.2) is 36.6 Å². The average Bonchev–Trinajstić information content (AvgIpc) is 2.70. The van der Waals surface area contributed by atoms with Crippen LogP contribution >= 0.6 is 0 Å². The van der Waals surface area contributed by atoms with Crippen LogP contribution in [0.25, 0.3) is 10.9 Å². The Balaban J connectivity index is 1.94. The molecule has 3 nitrogen and oxygen atoms in total. The van der Waals surface area contributed by atoms with Crippen molar-refractivity contribution in [2.24, 2.45) is 0 Å². The van der Waals surface area contributed by atoms with E-state index in [1.54, 1.807) is 6.07 Å². The maximum atomic E-state index is 14.3. The Labute approximate surface area is 117 Å². The molecule has 2 aliphatic rings. The predicted molar refractivity (Wildman–Crippen MR) is 77.0 cm³/mol. The number of aromatic amines is 1. The van der Waals surface area contributed by atoms with E-state index in [0.717, 1.165) is 55.2 Å². The first kappa shape index (κ1) is 12.2. The summed E-state index contributed by atoms with van der Waals surface area (Å²) in [6.07, 6.45) is 3.88. The van der Waals surface area contributed by atoms with Crippen molar-refractivity contribution in [2.75, 3.05) is 26.7 Å². The standard InChI is InChI=1S/C16H19FN2O/c1-19-6-4-10-12-9-13(17)16-11(3-2-8-20-16)15(12)18-14(10)5-7-19/h9,18H,2-8H2,1H3. The van der Waals surface area contributed by atoms with E-state index in [2.05, 4.69) is 16.9 Å². The molecule has 0 atom stereocenters. The number of rotatable bonds is 0. The lowest BCUT2D eigenvalue weighted by Gasteiger charge is -2.18. The summed E-state index contributed by atoms with van der Waals surface area (Å²) in [6, 6.07) is 1.67. The van der Waals surface area contributed by atoms with E-state index >= 15 is 0 Å². The van der Waals surface area contributed by atoms with E-state index in [-0.39, 0.29) is 5.82 Å². The largest absolute Gasteiger partial charge is 0.490 e. The monoisotopic (exact) mass is 274 g/mol. The Morgan fingerprint density at radius 1 is 1.20 bits per heavy atom. The van der Waals surface area contributed by atoms with Gasteiger partial charge >= 0.3 is 0 Å². The van der Waals surface area contributed by atoms with Gasteiger partial charge in [-0.1, -0.05) is 0 Å². The Kier molecular flexibility index (Phi) is 2.74. The first-order chi connectivity index (χ1) is 9.74. The van der Waals surface area contributed by atoms with Crippen molar-refractivity contribution in [1.82, 2.24) is 9.88 Å². The molecular formula is C16H19FN2O. The summed E-state index contributed by atoms with van der Waals surface area (Å²) in [5.41, 5.74) is 4.72. The molecule has 4 rings (SSSR count). The number of fused-ring (bicyclic) bond motifs is 5. The summed E-state index contributed by atoms with van der Waals surface area (Å²) in [6.45, 7) is 2.72. The summed E-state index contributed by atoms with van der Waals surface area (Å²) in [5.74, 6) is 0.267. The molecule has 106 valence electrons. The Hall–Kier alpha value is -1.55. The third-order valence-electron chi connectivity index (χ3n) is 4.60. The molecule has 0 amide bonds. The van der Waals surface area contributed by atoms with E-state index in [4.69, 9.17) is 4.74 Å².